The van der Waals surface area contributed by atoms with E-state index < -0.39 is 15.1 Å². The number of hydrogen-bond donors (Lipinski definition) is 0. The lowest BCUT2D eigenvalue weighted by Crippen LogP contribution is -2.16. The Balaban J connectivity index is 2.13. The standard InChI is InChI=1S/C23H26N2O2S/c1-24(2)20-14-10-18(11-15-20)23(19-12-16-21(17-13-19)25(3)4)28(26,27)22-8-6-5-7-9-22/h5-17,23H,1-4H3. The maximum atomic E-state index is 13.6. The normalized spacial score (nSPS) is 11.5. The third-order valence-corrected chi connectivity index (χ3v) is 6.90. The van der Waals surface area contributed by atoms with Crippen LogP contribution in [0.1, 0.15) is 16.4 Å². The maximum absolute atomic E-state index is 13.6. The Bertz CT molecular complexity index is 959. The van der Waals surface area contributed by atoms with Crippen LogP contribution >= 0.6 is 0 Å². The molecule has 146 valence electrons. The molecule has 0 saturated heterocycles. The summed E-state index contributed by atoms with van der Waals surface area (Å²) in [6.45, 7) is 0. The Kier molecular flexibility index (Phi) is 5.75. The molecule has 0 heterocycles. The van der Waals surface area contributed by atoms with Gasteiger partial charge in [-0.05, 0) is 47.5 Å². The molecule has 5 heteroatoms. The van der Waals surface area contributed by atoms with Crippen molar-refractivity contribution in [1.82, 2.24) is 0 Å². The fourth-order valence-electron chi connectivity index (χ4n) is 3.19. The summed E-state index contributed by atoms with van der Waals surface area (Å²) in [5.41, 5.74) is 3.57. The monoisotopic (exact) mass is 394 g/mol. The van der Waals surface area contributed by atoms with Gasteiger partial charge < -0.3 is 9.80 Å². The first-order chi connectivity index (χ1) is 13.3. The van der Waals surface area contributed by atoms with Crippen LogP contribution in [0.15, 0.2) is 83.8 Å². The highest BCUT2D eigenvalue weighted by atomic mass is 32.2. The maximum Gasteiger partial charge on any atom is 0.189 e. The summed E-state index contributed by atoms with van der Waals surface area (Å²) < 4.78 is 27.1. The lowest BCUT2D eigenvalue weighted by Gasteiger charge is -2.21. The van der Waals surface area contributed by atoms with Crippen molar-refractivity contribution in [3.63, 3.8) is 0 Å². The van der Waals surface area contributed by atoms with Crippen molar-refractivity contribution in [3.8, 4) is 0 Å². The van der Waals surface area contributed by atoms with Gasteiger partial charge in [0.15, 0.2) is 9.84 Å². The SMILES string of the molecule is CN(C)c1ccc(C(c2ccc(N(C)C)cc2)S(=O)(=O)c2ccccc2)cc1. The molecule has 0 spiro atoms. The van der Waals surface area contributed by atoms with Gasteiger partial charge in [-0.1, -0.05) is 42.5 Å². The Labute approximate surface area is 168 Å². The topological polar surface area (TPSA) is 40.6 Å². The van der Waals surface area contributed by atoms with Crippen LogP contribution in [-0.2, 0) is 9.84 Å². The molecule has 0 fully saturated rings. The average Bonchev–Trinajstić information content (AvgIpc) is 2.69. The van der Waals surface area contributed by atoms with Gasteiger partial charge in [0.25, 0.3) is 0 Å². The van der Waals surface area contributed by atoms with Crippen LogP contribution in [0.25, 0.3) is 0 Å². The molecule has 4 nitrogen and oxygen atoms in total. The first kappa shape index (κ1) is 20.0. The average molecular weight is 395 g/mol. The van der Waals surface area contributed by atoms with Crippen LogP contribution in [0.2, 0.25) is 0 Å². The smallest absolute Gasteiger partial charge is 0.189 e. The summed E-state index contributed by atoms with van der Waals surface area (Å²) in [6.07, 6.45) is 0. The lowest BCUT2D eigenvalue weighted by atomic mass is 10.0. The quantitative estimate of drug-likeness (QED) is 0.622. The van der Waals surface area contributed by atoms with Crippen LogP contribution in [0.3, 0.4) is 0 Å². The fraction of sp³-hybridized carbons (Fsp3) is 0.217. The molecule has 3 aromatic rings. The highest BCUT2D eigenvalue weighted by molar-refractivity contribution is 7.91. The number of rotatable bonds is 6. The summed E-state index contributed by atoms with van der Waals surface area (Å²) in [7, 11) is 4.26. The van der Waals surface area contributed by atoms with Crippen molar-refractivity contribution < 1.29 is 8.42 Å². The molecular weight excluding hydrogens is 368 g/mol. The van der Waals surface area contributed by atoms with E-state index in [1.165, 1.54) is 0 Å². The molecule has 0 aliphatic heterocycles. The number of nitrogens with zero attached hydrogens (tertiary/aromatic N) is 2. The van der Waals surface area contributed by atoms with Gasteiger partial charge in [0, 0.05) is 39.6 Å². The summed E-state index contributed by atoms with van der Waals surface area (Å²) in [5, 5.41) is -0.762. The van der Waals surface area contributed by atoms with Crippen molar-refractivity contribution in [3.05, 3.63) is 90.0 Å². The molecule has 0 amide bonds. The van der Waals surface area contributed by atoms with Crippen LogP contribution in [-0.4, -0.2) is 36.6 Å². The minimum Gasteiger partial charge on any atom is -0.378 e. The minimum absolute atomic E-state index is 0.327. The number of anilines is 2. The van der Waals surface area contributed by atoms with E-state index in [1.54, 1.807) is 24.3 Å². The zero-order valence-corrected chi connectivity index (χ0v) is 17.5. The molecular formula is C23H26N2O2S. The molecule has 0 bridgehead atoms. The zero-order valence-electron chi connectivity index (χ0n) is 16.7. The van der Waals surface area contributed by atoms with Crippen LogP contribution in [0.5, 0.6) is 0 Å². The van der Waals surface area contributed by atoms with Gasteiger partial charge in [-0.3, -0.25) is 0 Å². The van der Waals surface area contributed by atoms with E-state index in [0.717, 1.165) is 22.5 Å². The predicted octanol–water partition coefficient (Wildman–Crippen LogP) is 4.38. The van der Waals surface area contributed by atoms with Gasteiger partial charge in [-0.25, -0.2) is 8.42 Å². The second-order valence-electron chi connectivity index (χ2n) is 7.21. The molecule has 0 N–H and O–H groups in total. The second kappa shape index (κ2) is 8.07. The molecule has 3 rings (SSSR count). The molecule has 3 aromatic carbocycles. The minimum atomic E-state index is -3.60. The molecule has 0 atom stereocenters. The predicted molar refractivity (Wildman–Crippen MR) is 117 cm³/mol. The first-order valence-electron chi connectivity index (χ1n) is 9.14. The van der Waals surface area contributed by atoms with E-state index in [0.29, 0.717) is 4.90 Å². The number of sulfone groups is 1. The van der Waals surface area contributed by atoms with E-state index in [2.05, 4.69) is 0 Å². The van der Waals surface area contributed by atoms with Crippen molar-refractivity contribution in [1.29, 1.82) is 0 Å². The third-order valence-electron chi connectivity index (χ3n) is 4.81. The molecule has 0 radical (unpaired) electrons. The number of hydrogen-bond acceptors (Lipinski definition) is 4. The summed E-state index contributed by atoms with van der Waals surface area (Å²) in [5.74, 6) is 0. The Hall–Kier alpha value is -2.79. The van der Waals surface area contributed by atoms with Crippen LogP contribution < -0.4 is 9.80 Å². The van der Waals surface area contributed by atoms with E-state index in [1.807, 2.05) is 92.6 Å². The molecule has 0 aliphatic rings. The summed E-state index contributed by atoms with van der Waals surface area (Å²) >= 11 is 0. The van der Waals surface area contributed by atoms with Crippen LogP contribution in [0.4, 0.5) is 11.4 Å². The van der Waals surface area contributed by atoms with Gasteiger partial charge in [-0.15, -0.1) is 0 Å². The lowest BCUT2D eigenvalue weighted by molar-refractivity contribution is 0.589. The summed E-state index contributed by atoms with van der Waals surface area (Å²) in [4.78, 5) is 4.32. The second-order valence-corrected chi connectivity index (χ2v) is 9.24. The zero-order chi connectivity index (χ0) is 20.3. The van der Waals surface area contributed by atoms with Gasteiger partial charge >= 0.3 is 0 Å². The van der Waals surface area contributed by atoms with E-state index in [9.17, 15) is 8.42 Å². The molecule has 28 heavy (non-hydrogen) atoms. The Morgan fingerprint density at radius 1 is 0.607 bits per heavy atom. The number of benzene rings is 3. The van der Waals surface area contributed by atoms with Crippen molar-refractivity contribution in [2.45, 2.75) is 10.1 Å². The third kappa shape index (κ3) is 4.04. The van der Waals surface area contributed by atoms with Gasteiger partial charge in [0.1, 0.15) is 5.25 Å². The molecule has 0 aliphatic carbocycles. The van der Waals surface area contributed by atoms with Crippen molar-refractivity contribution in [2.75, 3.05) is 38.0 Å². The van der Waals surface area contributed by atoms with Crippen LogP contribution in [0, 0.1) is 0 Å². The highest BCUT2D eigenvalue weighted by Crippen LogP contribution is 2.36. The first-order valence-corrected chi connectivity index (χ1v) is 10.7. The van der Waals surface area contributed by atoms with Crippen molar-refractivity contribution >= 4 is 21.2 Å². The molecule has 0 unspecified atom stereocenters. The van der Waals surface area contributed by atoms with E-state index in [4.69, 9.17) is 0 Å². The summed E-state index contributed by atoms with van der Waals surface area (Å²) in [6, 6.07) is 24.1. The Morgan fingerprint density at radius 3 is 1.36 bits per heavy atom. The molecule has 0 saturated carbocycles. The van der Waals surface area contributed by atoms with Gasteiger partial charge in [0.05, 0.1) is 4.90 Å². The Morgan fingerprint density at radius 2 is 1.00 bits per heavy atom. The largest absolute Gasteiger partial charge is 0.378 e. The van der Waals surface area contributed by atoms with E-state index in [-0.39, 0.29) is 0 Å². The van der Waals surface area contributed by atoms with E-state index >= 15 is 0 Å². The highest BCUT2D eigenvalue weighted by Gasteiger charge is 2.30. The van der Waals surface area contributed by atoms with Gasteiger partial charge in [0.2, 0.25) is 0 Å². The fourth-order valence-corrected chi connectivity index (χ4v) is 5.03. The van der Waals surface area contributed by atoms with Crippen molar-refractivity contribution in [2.24, 2.45) is 0 Å². The van der Waals surface area contributed by atoms with Gasteiger partial charge in [-0.2, -0.15) is 0 Å². The molecule has 0 aromatic heterocycles.